The van der Waals surface area contributed by atoms with Crippen molar-refractivity contribution in [2.45, 2.75) is 79.1 Å². The molecule has 1 amide bonds. The van der Waals surface area contributed by atoms with E-state index in [0.717, 1.165) is 16.7 Å². The molecule has 0 saturated heterocycles. The molecule has 196 valence electrons. The van der Waals surface area contributed by atoms with Crippen LogP contribution in [-0.4, -0.2) is 29.8 Å². The molecular formula is C28H37BrN2O5. The standard InChI is InChI=1S/C28H37BrN2O5/c1-9-35-23-15-19(14-22(29)26(23)36-17(2)32)16-30-31-24(33)11-10-18-12-20(27(3,4)5)25(34)21(13-18)28(6,7)8/h12-16,34H,9-11H2,1-8H3,(H,31,33)/b30-16-. The Morgan fingerprint density at radius 1 is 1.06 bits per heavy atom. The summed E-state index contributed by atoms with van der Waals surface area (Å²) >= 11 is 3.39. The van der Waals surface area contributed by atoms with Crippen molar-refractivity contribution in [3.8, 4) is 17.2 Å². The first-order valence-corrected chi connectivity index (χ1v) is 12.8. The molecule has 7 nitrogen and oxygen atoms in total. The molecule has 0 spiro atoms. The lowest BCUT2D eigenvalue weighted by atomic mass is 9.78. The van der Waals surface area contributed by atoms with E-state index in [-0.39, 0.29) is 23.2 Å². The van der Waals surface area contributed by atoms with Crippen molar-refractivity contribution in [3.05, 3.63) is 51.0 Å². The molecule has 2 rings (SSSR count). The van der Waals surface area contributed by atoms with Gasteiger partial charge in [-0.3, -0.25) is 9.59 Å². The molecule has 2 N–H and O–H groups in total. The Bertz CT molecular complexity index is 1110. The van der Waals surface area contributed by atoms with Gasteiger partial charge >= 0.3 is 5.97 Å². The Kier molecular flexibility index (Phi) is 9.71. The molecule has 0 aliphatic rings. The van der Waals surface area contributed by atoms with E-state index in [9.17, 15) is 14.7 Å². The number of amides is 1. The second-order valence-corrected chi connectivity index (χ2v) is 11.5. The fraction of sp³-hybridized carbons (Fsp3) is 0.464. The van der Waals surface area contributed by atoms with Crippen molar-refractivity contribution >= 4 is 34.0 Å². The summed E-state index contributed by atoms with van der Waals surface area (Å²) in [5.41, 5.74) is 5.49. The van der Waals surface area contributed by atoms with E-state index in [1.54, 1.807) is 12.1 Å². The maximum Gasteiger partial charge on any atom is 0.308 e. The number of hydrazone groups is 1. The van der Waals surface area contributed by atoms with Crippen molar-refractivity contribution in [1.29, 1.82) is 0 Å². The molecule has 0 fully saturated rings. The number of hydrogen-bond acceptors (Lipinski definition) is 6. The van der Waals surface area contributed by atoms with Gasteiger partial charge in [0.25, 0.3) is 0 Å². The molecule has 0 saturated carbocycles. The van der Waals surface area contributed by atoms with Gasteiger partial charge in [-0.15, -0.1) is 0 Å². The van der Waals surface area contributed by atoms with Gasteiger partial charge in [0.2, 0.25) is 5.91 Å². The summed E-state index contributed by atoms with van der Waals surface area (Å²) in [6.45, 7) is 15.9. The SMILES string of the molecule is CCOc1cc(/C=N\NC(=O)CCc2cc(C(C)(C)C)c(O)c(C(C)(C)C)c2)cc(Br)c1OC(C)=O. The molecule has 0 unspecified atom stereocenters. The zero-order valence-electron chi connectivity index (χ0n) is 22.4. The minimum absolute atomic E-state index is 0.227. The number of phenolic OH excluding ortho intramolecular Hbond substituents is 1. The first-order chi connectivity index (χ1) is 16.6. The first-order valence-electron chi connectivity index (χ1n) is 12.0. The highest BCUT2D eigenvalue weighted by Gasteiger charge is 2.26. The van der Waals surface area contributed by atoms with Gasteiger partial charge in [0, 0.05) is 13.3 Å². The Hall–Kier alpha value is -2.87. The lowest BCUT2D eigenvalue weighted by Gasteiger charge is -2.28. The smallest absolute Gasteiger partial charge is 0.308 e. The van der Waals surface area contributed by atoms with Crippen molar-refractivity contribution in [2.24, 2.45) is 5.10 Å². The zero-order valence-corrected chi connectivity index (χ0v) is 24.0. The summed E-state index contributed by atoms with van der Waals surface area (Å²) in [6.07, 6.45) is 2.26. The third kappa shape index (κ3) is 8.08. The number of nitrogens with one attached hydrogen (secondary N) is 1. The molecule has 0 atom stereocenters. The maximum atomic E-state index is 12.5. The van der Waals surface area contributed by atoms with Crippen LogP contribution in [0.25, 0.3) is 0 Å². The van der Waals surface area contributed by atoms with E-state index in [1.807, 2.05) is 19.1 Å². The lowest BCUT2D eigenvalue weighted by Crippen LogP contribution is -2.20. The van der Waals surface area contributed by atoms with Gasteiger partial charge in [0.05, 0.1) is 17.3 Å². The normalized spacial score (nSPS) is 12.0. The largest absolute Gasteiger partial charge is 0.507 e. The molecule has 8 heteroatoms. The molecule has 0 bridgehead atoms. The van der Waals surface area contributed by atoms with Crippen LogP contribution in [0.3, 0.4) is 0 Å². The van der Waals surface area contributed by atoms with Crippen LogP contribution in [0.15, 0.2) is 33.8 Å². The summed E-state index contributed by atoms with van der Waals surface area (Å²) in [5, 5.41) is 14.9. The Labute approximate surface area is 222 Å². The number of halogens is 1. The Morgan fingerprint density at radius 3 is 2.14 bits per heavy atom. The number of aryl methyl sites for hydroxylation is 1. The molecule has 0 aliphatic carbocycles. The molecule has 0 heterocycles. The average Bonchev–Trinajstić information content (AvgIpc) is 2.73. The van der Waals surface area contributed by atoms with Gasteiger partial charge in [0.1, 0.15) is 5.75 Å². The van der Waals surface area contributed by atoms with Crippen LogP contribution < -0.4 is 14.9 Å². The van der Waals surface area contributed by atoms with E-state index in [2.05, 4.69) is 68.0 Å². The topological polar surface area (TPSA) is 97.2 Å². The van der Waals surface area contributed by atoms with Crippen LogP contribution in [0.2, 0.25) is 0 Å². The number of carbonyl (C=O) groups is 2. The van der Waals surface area contributed by atoms with Crippen LogP contribution >= 0.6 is 15.9 Å². The highest BCUT2D eigenvalue weighted by atomic mass is 79.9. The first kappa shape index (κ1) is 29.4. The van der Waals surface area contributed by atoms with Crippen molar-refractivity contribution in [2.75, 3.05) is 6.61 Å². The molecule has 2 aromatic rings. The van der Waals surface area contributed by atoms with Gasteiger partial charge in [-0.2, -0.15) is 5.10 Å². The van der Waals surface area contributed by atoms with E-state index in [0.29, 0.717) is 40.3 Å². The second-order valence-electron chi connectivity index (χ2n) is 10.7. The number of hydrogen-bond donors (Lipinski definition) is 2. The molecule has 2 aromatic carbocycles. The Balaban J connectivity index is 2.13. The van der Waals surface area contributed by atoms with Crippen LogP contribution in [0.5, 0.6) is 17.2 Å². The quantitative estimate of drug-likeness (QED) is 0.174. The van der Waals surface area contributed by atoms with E-state index < -0.39 is 5.97 Å². The number of carbonyl (C=O) groups excluding carboxylic acids is 2. The predicted molar refractivity (Wildman–Crippen MR) is 146 cm³/mol. The van der Waals surface area contributed by atoms with E-state index in [4.69, 9.17) is 9.47 Å². The van der Waals surface area contributed by atoms with E-state index >= 15 is 0 Å². The third-order valence-corrected chi connectivity index (χ3v) is 6.00. The predicted octanol–water partition coefficient (Wildman–Crippen LogP) is 6.16. The molecule has 36 heavy (non-hydrogen) atoms. The Morgan fingerprint density at radius 2 is 1.64 bits per heavy atom. The van der Waals surface area contributed by atoms with Crippen LogP contribution in [0, 0.1) is 0 Å². The number of aromatic hydroxyl groups is 1. The van der Waals surface area contributed by atoms with Crippen molar-refractivity contribution < 1.29 is 24.2 Å². The van der Waals surface area contributed by atoms with Gasteiger partial charge in [-0.1, -0.05) is 53.7 Å². The van der Waals surface area contributed by atoms with Crippen molar-refractivity contribution in [3.63, 3.8) is 0 Å². The highest BCUT2D eigenvalue weighted by Crippen LogP contribution is 2.40. The number of nitrogens with zero attached hydrogens (tertiary/aromatic N) is 1. The van der Waals surface area contributed by atoms with Gasteiger partial charge < -0.3 is 14.6 Å². The molecule has 0 aliphatic heterocycles. The fourth-order valence-electron chi connectivity index (χ4n) is 3.64. The zero-order chi connectivity index (χ0) is 27.3. The number of esters is 1. The highest BCUT2D eigenvalue weighted by molar-refractivity contribution is 9.10. The van der Waals surface area contributed by atoms with Gasteiger partial charge in [-0.05, 0) is 74.5 Å². The van der Waals surface area contributed by atoms with Crippen molar-refractivity contribution in [1.82, 2.24) is 5.43 Å². The maximum absolute atomic E-state index is 12.5. The molecule has 0 radical (unpaired) electrons. The molecular weight excluding hydrogens is 524 g/mol. The lowest BCUT2D eigenvalue weighted by molar-refractivity contribution is -0.132. The minimum atomic E-state index is -0.455. The average molecular weight is 562 g/mol. The minimum Gasteiger partial charge on any atom is -0.507 e. The van der Waals surface area contributed by atoms with Crippen LogP contribution in [0.1, 0.15) is 84.1 Å². The number of ether oxygens (including phenoxy) is 2. The fourth-order valence-corrected chi connectivity index (χ4v) is 4.18. The second kappa shape index (κ2) is 11.9. The molecule has 0 aromatic heterocycles. The van der Waals surface area contributed by atoms with Gasteiger partial charge in [0.15, 0.2) is 11.5 Å². The van der Waals surface area contributed by atoms with Crippen LogP contribution in [-0.2, 0) is 26.8 Å². The van der Waals surface area contributed by atoms with Gasteiger partial charge in [-0.25, -0.2) is 5.43 Å². The summed E-state index contributed by atoms with van der Waals surface area (Å²) in [5.74, 6) is 0.332. The summed E-state index contributed by atoms with van der Waals surface area (Å²) in [6, 6.07) is 7.37. The summed E-state index contributed by atoms with van der Waals surface area (Å²) < 4.78 is 11.3. The number of rotatable bonds is 8. The number of phenols is 1. The number of benzene rings is 2. The summed E-state index contributed by atoms with van der Waals surface area (Å²) in [7, 11) is 0. The monoisotopic (exact) mass is 560 g/mol. The summed E-state index contributed by atoms with van der Waals surface area (Å²) in [4.78, 5) is 23.9. The van der Waals surface area contributed by atoms with Crippen LogP contribution in [0.4, 0.5) is 0 Å². The third-order valence-electron chi connectivity index (χ3n) is 5.41. The van der Waals surface area contributed by atoms with E-state index in [1.165, 1.54) is 13.1 Å².